The minimum Gasteiger partial charge on any atom is -0.508 e. The number of thiazole rings is 1. The van der Waals surface area contributed by atoms with Crippen LogP contribution in [0, 0.1) is 6.92 Å². The van der Waals surface area contributed by atoms with Crippen molar-refractivity contribution in [2.75, 3.05) is 37.6 Å². The highest BCUT2D eigenvalue weighted by atomic mass is 32.3. The quantitative estimate of drug-likeness (QED) is 0.0979. The number of likely N-dealkylation sites (tertiary alicyclic amines) is 1. The van der Waals surface area contributed by atoms with E-state index >= 15 is 0 Å². The van der Waals surface area contributed by atoms with Crippen molar-refractivity contribution in [1.29, 1.82) is 0 Å². The van der Waals surface area contributed by atoms with E-state index in [1.807, 2.05) is 18.2 Å². The average Bonchev–Trinajstić information content (AvgIpc) is 3.71. The lowest BCUT2D eigenvalue weighted by molar-refractivity contribution is -0.918. The Kier molecular flexibility index (Phi) is 10.7. The number of nitrogens with two attached hydrogens (primary N) is 1. The Morgan fingerprint density at radius 1 is 1.04 bits per heavy atom. The van der Waals surface area contributed by atoms with Crippen LogP contribution >= 0.6 is 11.3 Å². The molecule has 0 radical (unpaired) electrons. The van der Waals surface area contributed by atoms with Gasteiger partial charge in [-0.3, -0.25) is 9.59 Å². The number of phenols is 1. The SMILES string of the molecule is CC(=O)Nc1nc(C)c(S(=O)(=O)Oc2ccc(NC(=O)/[N+](=C3\CCC[N+](C)(Cc4ccc5c(c4)OCO5)C3)[C@@H](Cc3ccc(O)cc3)C(N)=O)cc2)s1. The Hall–Kier alpha value is -5.52. The van der Waals surface area contributed by atoms with Gasteiger partial charge in [0, 0.05) is 31.7 Å². The molecule has 0 aliphatic carbocycles. The molecule has 3 aromatic carbocycles. The summed E-state index contributed by atoms with van der Waals surface area (Å²) in [6.07, 6.45) is 1.40. The fourth-order valence-corrected chi connectivity index (χ4v) is 8.86. The van der Waals surface area contributed by atoms with Crippen LogP contribution < -0.4 is 30.0 Å². The number of carbonyl (C=O) groups is 3. The Bertz CT molecular complexity index is 2190. The molecule has 0 spiro atoms. The number of amides is 4. The summed E-state index contributed by atoms with van der Waals surface area (Å²) in [5.41, 5.74) is 8.95. The molecule has 1 aromatic heterocycles. The molecule has 5 N–H and O–H groups in total. The van der Waals surface area contributed by atoms with Crippen LogP contribution in [-0.4, -0.2) is 84.1 Å². The smallest absolute Gasteiger partial charge is 0.496 e. The van der Waals surface area contributed by atoms with Crippen molar-refractivity contribution in [2.45, 2.75) is 49.9 Å². The number of benzene rings is 3. The van der Waals surface area contributed by atoms with Crippen LogP contribution in [0.3, 0.4) is 0 Å². The Morgan fingerprint density at radius 2 is 1.74 bits per heavy atom. The molecule has 15 nitrogen and oxygen atoms in total. The second kappa shape index (κ2) is 15.2. The predicted octanol–water partition coefficient (Wildman–Crippen LogP) is 4.13. The molecule has 1 unspecified atom stereocenters. The van der Waals surface area contributed by atoms with Crippen molar-refractivity contribution in [2.24, 2.45) is 5.73 Å². The van der Waals surface area contributed by atoms with Gasteiger partial charge in [-0.1, -0.05) is 23.5 Å². The number of anilines is 2. The summed E-state index contributed by atoms with van der Waals surface area (Å²) in [6, 6.07) is 16.3. The summed E-state index contributed by atoms with van der Waals surface area (Å²) >= 11 is 0.770. The second-order valence-corrected chi connectivity index (χ2v) is 16.0. The van der Waals surface area contributed by atoms with E-state index in [1.165, 1.54) is 54.8 Å². The first-order chi connectivity index (χ1) is 25.2. The molecule has 6 rings (SSSR count). The minimum absolute atomic E-state index is 0.0192. The third-order valence-electron chi connectivity index (χ3n) is 8.87. The maximum Gasteiger partial charge on any atom is 0.496 e. The first kappa shape index (κ1) is 37.2. The maximum atomic E-state index is 14.3. The lowest BCUT2D eigenvalue weighted by atomic mass is 10.0. The molecule has 1 fully saturated rings. The molecule has 4 aromatic rings. The number of nitrogens with one attached hydrogen (secondary N) is 2. The van der Waals surface area contributed by atoms with Crippen molar-refractivity contribution in [3.63, 3.8) is 0 Å². The van der Waals surface area contributed by atoms with E-state index in [1.54, 1.807) is 12.1 Å². The van der Waals surface area contributed by atoms with E-state index in [0.717, 1.165) is 35.6 Å². The molecule has 2 atom stereocenters. The summed E-state index contributed by atoms with van der Waals surface area (Å²) in [5.74, 6) is 0.326. The molecule has 53 heavy (non-hydrogen) atoms. The topological polar surface area (TPSA) is 199 Å². The highest BCUT2D eigenvalue weighted by Gasteiger charge is 2.39. The number of primary amides is 1. The number of aromatic nitrogens is 1. The van der Waals surface area contributed by atoms with E-state index in [4.69, 9.17) is 19.4 Å². The van der Waals surface area contributed by atoms with Gasteiger partial charge in [-0.2, -0.15) is 17.8 Å². The van der Waals surface area contributed by atoms with E-state index in [-0.39, 0.29) is 39.7 Å². The molecule has 4 amide bonds. The number of urea groups is 1. The molecule has 2 aliphatic heterocycles. The van der Waals surface area contributed by atoms with Crippen molar-refractivity contribution in [1.82, 2.24) is 4.98 Å². The minimum atomic E-state index is -4.29. The third-order valence-corrected chi connectivity index (χ3v) is 11.8. The first-order valence-electron chi connectivity index (χ1n) is 16.7. The van der Waals surface area contributed by atoms with Gasteiger partial charge in [0.1, 0.15) is 36.0 Å². The maximum absolute atomic E-state index is 14.3. The van der Waals surface area contributed by atoms with Crippen molar-refractivity contribution < 1.29 is 50.6 Å². The van der Waals surface area contributed by atoms with Gasteiger partial charge in [0.2, 0.25) is 12.7 Å². The van der Waals surface area contributed by atoms with Gasteiger partial charge in [0.15, 0.2) is 26.9 Å². The molecular weight excluding hydrogens is 725 g/mol. The fraction of sp³-hybridized carbons (Fsp3) is 0.306. The number of nitrogens with zero attached hydrogens (tertiary/aromatic N) is 3. The van der Waals surface area contributed by atoms with Crippen LogP contribution in [0.4, 0.5) is 15.6 Å². The molecule has 2 aliphatic rings. The van der Waals surface area contributed by atoms with E-state index < -0.39 is 34.0 Å². The van der Waals surface area contributed by atoms with Crippen molar-refractivity contribution >= 4 is 55.8 Å². The molecule has 3 heterocycles. The number of carbonyl (C=O) groups excluding carboxylic acids is 3. The second-order valence-electron chi connectivity index (χ2n) is 13.2. The lowest BCUT2D eigenvalue weighted by Crippen LogP contribution is -2.56. The molecule has 0 bridgehead atoms. The van der Waals surface area contributed by atoms with Gasteiger partial charge in [0.05, 0.1) is 19.3 Å². The van der Waals surface area contributed by atoms with Gasteiger partial charge in [-0.15, -0.1) is 0 Å². The van der Waals surface area contributed by atoms with Crippen LogP contribution in [0.25, 0.3) is 0 Å². The number of fused-ring (bicyclic) bond motifs is 1. The lowest BCUT2D eigenvalue weighted by Gasteiger charge is -2.38. The van der Waals surface area contributed by atoms with Crippen LogP contribution in [0.2, 0.25) is 0 Å². The number of ether oxygens (including phenoxy) is 2. The largest absolute Gasteiger partial charge is 0.508 e. The number of aryl methyl sites for hydroxylation is 1. The number of rotatable bonds is 11. The normalized spacial score (nSPS) is 18.2. The summed E-state index contributed by atoms with van der Waals surface area (Å²) in [6.45, 7) is 4.86. The highest BCUT2D eigenvalue weighted by Crippen LogP contribution is 2.34. The van der Waals surface area contributed by atoms with Crippen LogP contribution in [0.1, 0.15) is 36.6 Å². The average molecular weight is 765 g/mol. The van der Waals surface area contributed by atoms with Crippen molar-refractivity contribution in [3.05, 3.63) is 83.6 Å². The summed E-state index contributed by atoms with van der Waals surface area (Å²) in [4.78, 5) is 42.9. The standard InChI is InChI=1S/C36H38N6O9S2/c1-22-34(52-35(38-22)39-23(2)43)53(47,48)51-29-13-9-26(10-14-29)40-36(46)41(30(33(37)45)17-24-6-11-28(44)12-7-24)27-5-4-16-42(3,20-27)19-25-8-15-31-32(18-25)50-21-49-31/h6-15,18,30H,4-5,16-17,19-21H2,1-3H3,(H3-2,37,38,39,40,43,44,45,46)/p+2/b41-27+/t30-,42?/m0/s1. The monoisotopic (exact) mass is 764 g/mol. The third kappa shape index (κ3) is 8.93. The molecule has 278 valence electrons. The Labute approximate surface area is 310 Å². The van der Waals surface area contributed by atoms with Crippen LogP contribution in [0.15, 0.2) is 70.9 Å². The zero-order valence-electron chi connectivity index (χ0n) is 29.3. The summed E-state index contributed by atoms with van der Waals surface area (Å²) < 4.78 is 44.3. The predicted molar refractivity (Wildman–Crippen MR) is 196 cm³/mol. The van der Waals surface area contributed by atoms with Crippen LogP contribution in [-0.2, 0) is 32.7 Å². The number of quaternary nitrogens is 1. The van der Waals surface area contributed by atoms with E-state index in [0.29, 0.717) is 46.7 Å². The molecule has 0 saturated carbocycles. The van der Waals surface area contributed by atoms with Crippen LogP contribution in [0.5, 0.6) is 23.0 Å². The molecular formula is C36H40N6O9S2+2. The number of hydrogen-bond acceptors (Lipinski definition) is 11. The summed E-state index contributed by atoms with van der Waals surface area (Å²) in [5, 5.41) is 15.3. The Morgan fingerprint density at radius 3 is 2.43 bits per heavy atom. The fourth-order valence-electron chi connectivity index (χ4n) is 6.52. The van der Waals surface area contributed by atoms with Gasteiger partial charge in [0.25, 0.3) is 5.91 Å². The number of hydrogen-bond donors (Lipinski definition) is 4. The molecule has 17 heteroatoms. The van der Waals surface area contributed by atoms with Crippen molar-refractivity contribution in [3.8, 4) is 23.0 Å². The highest BCUT2D eigenvalue weighted by molar-refractivity contribution is 7.89. The first-order valence-corrected chi connectivity index (χ1v) is 18.9. The van der Waals surface area contributed by atoms with E-state index in [2.05, 4.69) is 22.7 Å². The Balaban J connectivity index is 1.26. The van der Waals surface area contributed by atoms with Gasteiger partial charge in [-0.05, 0) is 67.1 Å². The number of aromatic hydroxyl groups is 1. The van der Waals surface area contributed by atoms with Gasteiger partial charge < -0.3 is 34.3 Å². The summed E-state index contributed by atoms with van der Waals surface area (Å²) in [7, 11) is -2.19. The number of phenolic OH excluding ortho intramolecular Hbond substituents is 1. The number of piperidine rings is 1. The zero-order valence-corrected chi connectivity index (χ0v) is 31.0. The van der Waals surface area contributed by atoms with Gasteiger partial charge >= 0.3 is 16.1 Å². The molecule has 1 saturated heterocycles. The van der Waals surface area contributed by atoms with Gasteiger partial charge in [-0.25, -0.2) is 10.3 Å². The zero-order chi connectivity index (χ0) is 37.9. The van der Waals surface area contributed by atoms with E-state index in [9.17, 15) is 27.9 Å².